The minimum absolute atomic E-state index is 0.328. The van der Waals surface area contributed by atoms with Crippen LogP contribution < -0.4 is 0 Å². The van der Waals surface area contributed by atoms with Gasteiger partial charge in [-0.05, 0) is 42.2 Å². The molecule has 0 aliphatic carbocycles. The van der Waals surface area contributed by atoms with E-state index in [1.165, 1.54) is 17.3 Å². The molecular weight excluding hydrogens is 426 g/mol. The van der Waals surface area contributed by atoms with Crippen LogP contribution in [0, 0.1) is 11.8 Å². The maximum Gasteiger partial charge on any atom is 0.234 e. The van der Waals surface area contributed by atoms with E-state index in [0.717, 1.165) is 49.5 Å². The minimum Gasteiger partial charge on any atom is -0.379 e. The molecule has 2 heterocycles. The smallest absolute Gasteiger partial charge is 0.234 e. The molecular formula is C23H25N5O3S. The van der Waals surface area contributed by atoms with E-state index in [9.17, 15) is 10.0 Å². The van der Waals surface area contributed by atoms with Crippen LogP contribution in [-0.4, -0.2) is 74.5 Å². The van der Waals surface area contributed by atoms with Crippen molar-refractivity contribution in [3.05, 3.63) is 59.2 Å². The Morgan fingerprint density at radius 1 is 1.19 bits per heavy atom. The standard InChI is InChI=1S/C23H25N5O3S/c1-32-23(28(30)17-29)16-27-22-9-8-19(14-21(22)24-25-27)5-2-18-3-6-20(7-4-18)15-26-10-12-31-13-11-26/h3-4,6-9,14,17,23,30H,10-13,15-16H2,1H3. The molecule has 32 heavy (non-hydrogen) atoms. The molecule has 1 aliphatic rings. The first kappa shape index (κ1) is 22.3. The molecule has 3 aromatic rings. The molecule has 1 amide bonds. The summed E-state index contributed by atoms with van der Waals surface area (Å²) in [6.07, 6.45) is 2.21. The summed E-state index contributed by atoms with van der Waals surface area (Å²) >= 11 is 1.35. The first-order valence-corrected chi connectivity index (χ1v) is 11.6. The Kier molecular flexibility index (Phi) is 7.39. The number of carbonyl (C=O) groups is 1. The molecule has 1 N–H and O–H groups in total. The minimum atomic E-state index is -0.442. The second-order valence-electron chi connectivity index (χ2n) is 7.49. The van der Waals surface area contributed by atoms with Gasteiger partial charge in [0, 0.05) is 30.8 Å². The van der Waals surface area contributed by atoms with E-state index in [1.807, 2.05) is 36.6 Å². The quantitative estimate of drug-likeness (QED) is 0.194. The van der Waals surface area contributed by atoms with Gasteiger partial charge in [0.1, 0.15) is 10.9 Å². The van der Waals surface area contributed by atoms with Crippen molar-refractivity contribution in [1.29, 1.82) is 0 Å². The highest BCUT2D eigenvalue weighted by atomic mass is 32.2. The molecule has 1 aromatic heterocycles. The van der Waals surface area contributed by atoms with Crippen LogP contribution in [0.4, 0.5) is 0 Å². The molecule has 1 aliphatic heterocycles. The van der Waals surface area contributed by atoms with E-state index in [-0.39, 0.29) is 0 Å². The van der Waals surface area contributed by atoms with E-state index in [4.69, 9.17) is 4.74 Å². The van der Waals surface area contributed by atoms with Gasteiger partial charge in [0.15, 0.2) is 0 Å². The van der Waals surface area contributed by atoms with E-state index in [1.54, 1.807) is 4.68 Å². The third-order valence-corrected chi connectivity index (χ3v) is 6.24. The topological polar surface area (TPSA) is 83.7 Å². The van der Waals surface area contributed by atoms with Gasteiger partial charge in [0.2, 0.25) is 6.41 Å². The average molecular weight is 452 g/mol. The van der Waals surface area contributed by atoms with Crippen LogP contribution in [0.25, 0.3) is 11.0 Å². The van der Waals surface area contributed by atoms with Crippen molar-refractivity contribution in [2.24, 2.45) is 0 Å². The van der Waals surface area contributed by atoms with Gasteiger partial charge in [-0.1, -0.05) is 29.2 Å². The number of rotatable bonds is 7. The van der Waals surface area contributed by atoms with Crippen LogP contribution in [0.5, 0.6) is 0 Å². The van der Waals surface area contributed by atoms with Gasteiger partial charge in [0.05, 0.1) is 25.3 Å². The van der Waals surface area contributed by atoms with Crippen molar-refractivity contribution < 1.29 is 14.7 Å². The number of benzene rings is 2. The maximum atomic E-state index is 10.8. The van der Waals surface area contributed by atoms with Crippen molar-refractivity contribution >= 4 is 29.2 Å². The summed E-state index contributed by atoms with van der Waals surface area (Å²) in [4.78, 5) is 13.2. The Hall–Kier alpha value is -2.90. The fraction of sp³-hybridized carbons (Fsp3) is 0.348. The molecule has 0 bridgehead atoms. The molecule has 1 unspecified atom stereocenters. The number of carbonyl (C=O) groups excluding carboxylic acids is 1. The van der Waals surface area contributed by atoms with Crippen molar-refractivity contribution in [2.75, 3.05) is 32.6 Å². The normalized spacial score (nSPS) is 15.2. The summed E-state index contributed by atoms with van der Waals surface area (Å²) in [7, 11) is 0. The van der Waals surface area contributed by atoms with Gasteiger partial charge < -0.3 is 4.74 Å². The van der Waals surface area contributed by atoms with Crippen LogP contribution in [0.3, 0.4) is 0 Å². The Labute approximate surface area is 191 Å². The molecule has 8 nitrogen and oxygen atoms in total. The van der Waals surface area contributed by atoms with Gasteiger partial charge in [-0.2, -0.15) is 0 Å². The van der Waals surface area contributed by atoms with E-state index >= 15 is 0 Å². The number of hydroxylamine groups is 2. The van der Waals surface area contributed by atoms with Crippen molar-refractivity contribution in [2.45, 2.75) is 18.5 Å². The molecule has 0 spiro atoms. The third kappa shape index (κ3) is 5.47. The number of nitrogens with zero attached hydrogens (tertiary/aromatic N) is 5. The van der Waals surface area contributed by atoms with E-state index in [2.05, 4.69) is 39.2 Å². The number of hydrogen-bond acceptors (Lipinski definition) is 7. The number of thioether (sulfide) groups is 1. The van der Waals surface area contributed by atoms with Crippen LogP contribution in [-0.2, 0) is 22.6 Å². The Balaban J connectivity index is 1.43. The second kappa shape index (κ2) is 10.6. The predicted molar refractivity (Wildman–Crippen MR) is 123 cm³/mol. The van der Waals surface area contributed by atoms with Gasteiger partial charge in [0.25, 0.3) is 0 Å². The molecule has 0 radical (unpaired) electrons. The molecule has 2 aromatic carbocycles. The lowest BCUT2D eigenvalue weighted by Gasteiger charge is -2.26. The zero-order chi connectivity index (χ0) is 22.3. The zero-order valence-corrected chi connectivity index (χ0v) is 18.7. The first-order chi connectivity index (χ1) is 15.7. The lowest BCUT2D eigenvalue weighted by atomic mass is 10.1. The number of fused-ring (bicyclic) bond motifs is 1. The maximum absolute atomic E-state index is 10.8. The van der Waals surface area contributed by atoms with E-state index in [0.29, 0.717) is 23.5 Å². The van der Waals surface area contributed by atoms with E-state index < -0.39 is 5.37 Å². The van der Waals surface area contributed by atoms with Gasteiger partial charge in [-0.25, -0.2) is 9.75 Å². The summed E-state index contributed by atoms with van der Waals surface area (Å²) in [5.41, 5.74) is 4.61. The highest BCUT2D eigenvalue weighted by molar-refractivity contribution is 7.99. The number of aromatic nitrogens is 3. The second-order valence-corrected chi connectivity index (χ2v) is 8.50. The molecule has 1 atom stereocenters. The summed E-state index contributed by atoms with van der Waals surface area (Å²) < 4.78 is 7.07. The Morgan fingerprint density at radius 3 is 2.62 bits per heavy atom. The lowest BCUT2D eigenvalue weighted by molar-refractivity contribution is -0.153. The van der Waals surface area contributed by atoms with Crippen molar-refractivity contribution in [3.63, 3.8) is 0 Å². The fourth-order valence-corrected chi connectivity index (χ4v) is 4.08. The third-order valence-electron chi connectivity index (χ3n) is 5.33. The van der Waals surface area contributed by atoms with Gasteiger partial charge in [-0.3, -0.25) is 14.9 Å². The molecule has 1 saturated heterocycles. The lowest BCUT2D eigenvalue weighted by Crippen LogP contribution is -2.35. The van der Waals surface area contributed by atoms with Crippen molar-refractivity contribution in [1.82, 2.24) is 25.0 Å². The van der Waals surface area contributed by atoms with Crippen LogP contribution in [0.15, 0.2) is 42.5 Å². The van der Waals surface area contributed by atoms with Crippen molar-refractivity contribution in [3.8, 4) is 11.8 Å². The highest BCUT2D eigenvalue weighted by Gasteiger charge is 2.17. The molecule has 0 saturated carbocycles. The highest BCUT2D eigenvalue weighted by Crippen LogP contribution is 2.17. The summed E-state index contributed by atoms with van der Waals surface area (Å²) in [6, 6.07) is 14.1. The monoisotopic (exact) mass is 451 g/mol. The SMILES string of the molecule is CSC(Cn1nnc2cc(C#Cc3ccc(CN4CCOCC4)cc3)ccc21)N(O)C=O. The number of hydrogen-bond donors (Lipinski definition) is 1. The fourth-order valence-electron chi connectivity index (χ4n) is 3.52. The Bertz CT molecular complexity index is 1120. The number of amides is 1. The number of morpholine rings is 1. The number of ether oxygens (including phenoxy) is 1. The first-order valence-electron chi connectivity index (χ1n) is 10.4. The Morgan fingerprint density at radius 2 is 1.91 bits per heavy atom. The zero-order valence-electron chi connectivity index (χ0n) is 17.8. The molecule has 166 valence electrons. The van der Waals surface area contributed by atoms with Crippen LogP contribution in [0.1, 0.15) is 16.7 Å². The molecule has 4 rings (SSSR count). The summed E-state index contributed by atoms with van der Waals surface area (Å²) in [5.74, 6) is 6.40. The average Bonchev–Trinajstić information content (AvgIpc) is 3.24. The summed E-state index contributed by atoms with van der Waals surface area (Å²) in [6.45, 7) is 4.82. The predicted octanol–water partition coefficient (Wildman–Crippen LogP) is 2.20. The van der Waals surface area contributed by atoms with Crippen LogP contribution >= 0.6 is 11.8 Å². The molecule has 9 heteroatoms. The van der Waals surface area contributed by atoms with Gasteiger partial charge in [-0.15, -0.1) is 16.9 Å². The summed E-state index contributed by atoms with van der Waals surface area (Å²) in [5, 5.41) is 18.2. The van der Waals surface area contributed by atoms with Crippen LogP contribution in [0.2, 0.25) is 0 Å². The van der Waals surface area contributed by atoms with Gasteiger partial charge >= 0.3 is 0 Å². The molecule has 1 fully saturated rings. The largest absolute Gasteiger partial charge is 0.379 e.